The van der Waals surface area contributed by atoms with Gasteiger partial charge < -0.3 is 9.47 Å². The van der Waals surface area contributed by atoms with Crippen molar-refractivity contribution in [1.29, 1.82) is 5.26 Å². The largest absolute Gasteiger partial charge is 0.353 e. The third-order valence-electron chi connectivity index (χ3n) is 3.08. The van der Waals surface area contributed by atoms with E-state index in [1.807, 2.05) is 26.0 Å². The number of Topliss-reactive ketones (excluding diaryl/α,β-unsaturated/α-hetero) is 1. The third kappa shape index (κ3) is 4.44. The molecule has 0 fully saturated rings. The highest BCUT2D eigenvalue weighted by Gasteiger charge is 2.24. The number of hydrogen-bond acceptors (Lipinski definition) is 4. The zero-order valence-electron chi connectivity index (χ0n) is 12.3. The second kappa shape index (κ2) is 8.47. The van der Waals surface area contributed by atoms with Crippen molar-refractivity contribution in [3.63, 3.8) is 0 Å². The average molecular weight is 275 g/mol. The van der Waals surface area contributed by atoms with Crippen molar-refractivity contribution >= 4 is 5.78 Å². The van der Waals surface area contributed by atoms with Crippen molar-refractivity contribution < 1.29 is 14.3 Å². The van der Waals surface area contributed by atoms with E-state index < -0.39 is 6.29 Å². The number of hydrogen-bond donors (Lipinski definition) is 0. The smallest absolute Gasteiger partial charge is 0.158 e. The summed E-state index contributed by atoms with van der Waals surface area (Å²) in [6.45, 7) is 6.36. The molecule has 20 heavy (non-hydrogen) atoms. The summed E-state index contributed by atoms with van der Waals surface area (Å²) in [6, 6.07) is 9.31. The normalized spacial score (nSPS) is 12.2. The molecular formula is C16H21NO3. The molecule has 108 valence electrons. The van der Waals surface area contributed by atoms with Gasteiger partial charge in [-0.3, -0.25) is 4.79 Å². The molecule has 0 saturated carbocycles. The van der Waals surface area contributed by atoms with E-state index in [4.69, 9.17) is 14.7 Å². The molecule has 0 amide bonds. The van der Waals surface area contributed by atoms with Crippen LogP contribution in [0.3, 0.4) is 0 Å². The Morgan fingerprint density at radius 1 is 1.25 bits per heavy atom. The lowest BCUT2D eigenvalue weighted by Crippen LogP contribution is -2.24. The quantitative estimate of drug-likeness (QED) is 0.684. The number of ether oxygens (including phenoxy) is 2. The second-order valence-corrected chi connectivity index (χ2v) is 4.44. The van der Waals surface area contributed by atoms with Crippen LogP contribution in [-0.2, 0) is 14.3 Å². The van der Waals surface area contributed by atoms with Crippen LogP contribution >= 0.6 is 0 Å². The number of benzene rings is 1. The first-order valence-electron chi connectivity index (χ1n) is 6.86. The Morgan fingerprint density at radius 2 is 1.85 bits per heavy atom. The molecule has 0 radical (unpaired) electrons. The first-order chi connectivity index (χ1) is 9.63. The standard InChI is InChI=1S/C16H21NO3/c1-4-19-16(20-5-2)10-15(12(3)18)14-9-7-6-8-13(14)11-17/h6-9,15-16H,4-5,10H2,1-3H3. The summed E-state index contributed by atoms with van der Waals surface area (Å²) in [5, 5.41) is 9.17. The van der Waals surface area contributed by atoms with Crippen LogP contribution in [-0.4, -0.2) is 25.3 Å². The van der Waals surface area contributed by atoms with Crippen LogP contribution in [0.1, 0.15) is 44.2 Å². The van der Waals surface area contributed by atoms with Gasteiger partial charge in [-0.2, -0.15) is 5.26 Å². The molecule has 0 aliphatic heterocycles. The summed E-state index contributed by atoms with van der Waals surface area (Å²) in [5.74, 6) is -0.369. The molecule has 1 unspecified atom stereocenters. The van der Waals surface area contributed by atoms with E-state index in [-0.39, 0.29) is 11.7 Å². The Bertz CT molecular complexity index is 473. The van der Waals surface area contributed by atoms with Crippen molar-refractivity contribution in [2.24, 2.45) is 0 Å². The lowest BCUT2D eigenvalue weighted by molar-refractivity contribution is -0.147. The Morgan fingerprint density at radius 3 is 2.35 bits per heavy atom. The number of nitriles is 1. The molecule has 4 nitrogen and oxygen atoms in total. The van der Waals surface area contributed by atoms with E-state index in [0.717, 1.165) is 5.56 Å². The van der Waals surface area contributed by atoms with Crippen molar-refractivity contribution in [2.75, 3.05) is 13.2 Å². The maximum absolute atomic E-state index is 11.9. The number of carbonyl (C=O) groups is 1. The summed E-state index contributed by atoms with van der Waals surface area (Å²) in [6.07, 6.45) is 0.000971. The molecule has 4 heteroatoms. The van der Waals surface area contributed by atoms with Crippen molar-refractivity contribution in [2.45, 2.75) is 39.4 Å². The molecule has 0 aliphatic rings. The molecule has 1 rings (SSSR count). The van der Waals surface area contributed by atoms with Crippen LogP contribution in [0, 0.1) is 11.3 Å². The van der Waals surface area contributed by atoms with Gasteiger partial charge >= 0.3 is 0 Å². The van der Waals surface area contributed by atoms with E-state index >= 15 is 0 Å². The topological polar surface area (TPSA) is 59.3 Å². The average Bonchev–Trinajstić information content (AvgIpc) is 2.44. The fourth-order valence-electron chi connectivity index (χ4n) is 2.16. The molecule has 0 aliphatic carbocycles. The zero-order chi connectivity index (χ0) is 15.0. The summed E-state index contributed by atoms with van der Waals surface area (Å²) >= 11 is 0. The van der Waals surface area contributed by atoms with Gasteiger partial charge in [0.05, 0.1) is 11.6 Å². The highest BCUT2D eigenvalue weighted by atomic mass is 16.7. The minimum absolute atomic E-state index is 0.0112. The van der Waals surface area contributed by atoms with Crippen molar-refractivity contribution in [3.8, 4) is 6.07 Å². The molecule has 0 heterocycles. The summed E-state index contributed by atoms with van der Waals surface area (Å²) in [5.41, 5.74) is 1.27. The number of nitrogens with zero attached hydrogens (tertiary/aromatic N) is 1. The van der Waals surface area contributed by atoms with Gasteiger partial charge in [0.1, 0.15) is 5.78 Å². The molecule has 1 aromatic carbocycles. The number of carbonyl (C=O) groups excluding carboxylic acids is 1. The summed E-state index contributed by atoms with van der Waals surface area (Å²) < 4.78 is 11.0. The zero-order valence-corrected chi connectivity index (χ0v) is 12.3. The minimum atomic E-state index is -0.425. The van der Waals surface area contributed by atoms with Crippen LogP contribution in [0.2, 0.25) is 0 Å². The van der Waals surface area contributed by atoms with E-state index in [9.17, 15) is 4.79 Å². The highest BCUT2D eigenvalue weighted by molar-refractivity contribution is 5.84. The molecule has 0 aromatic heterocycles. The van der Waals surface area contributed by atoms with Gasteiger partial charge in [0.15, 0.2) is 6.29 Å². The molecule has 0 N–H and O–H groups in total. The van der Waals surface area contributed by atoms with Crippen LogP contribution in [0.4, 0.5) is 0 Å². The number of ketones is 1. The van der Waals surface area contributed by atoms with Gasteiger partial charge in [0.2, 0.25) is 0 Å². The molecule has 0 spiro atoms. The monoisotopic (exact) mass is 275 g/mol. The van der Waals surface area contributed by atoms with E-state index in [0.29, 0.717) is 25.2 Å². The second-order valence-electron chi connectivity index (χ2n) is 4.44. The molecule has 1 atom stereocenters. The summed E-state index contributed by atoms with van der Waals surface area (Å²) in [7, 11) is 0. The number of rotatable bonds is 8. The van der Waals surface area contributed by atoms with Crippen LogP contribution in [0.25, 0.3) is 0 Å². The van der Waals surface area contributed by atoms with Gasteiger partial charge in [-0.15, -0.1) is 0 Å². The van der Waals surface area contributed by atoms with Crippen LogP contribution < -0.4 is 0 Å². The van der Waals surface area contributed by atoms with Gasteiger partial charge in [-0.05, 0) is 32.4 Å². The third-order valence-corrected chi connectivity index (χ3v) is 3.08. The Hall–Kier alpha value is -1.70. The molecule has 1 aromatic rings. The van der Waals surface area contributed by atoms with Gasteiger partial charge in [0.25, 0.3) is 0 Å². The predicted molar refractivity (Wildman–Crippen MR) is 76.2 cm³/mol. The van der Waals surface area contributed by atoms with E-state index in [1.54, 1.807) is 12.1 Å². The van der Waals surface area contributed by atoms with Crippen molar-refractivity contribution in [3.05, 3.63) is 35.4 Å². The minimum Gasteiger partial charge on any atom is -0.353 e. The van der Waals surface area contributed by atoms with Gasteiger partial charge in [-0.1, -0.05) is 18.2 Å². The van der Waals surface area contributed by atoms with Crippen LogP contribution in [0.15, 0.2) is 24.3 Å². The highest BCUT2D eigenvalue weighted by Crippen LogP contribution is 2.26. The van der Waals surface area contributed by atoms with E-state index in [1.165, 1.54) is 6.92 Å². The Kier molecular flexibility index (Phi) is 6.92. The van der Waals surface area contributed by atoms with E-state index in [2.05, 4.69) is 6.07 Å². The Balaban J connectivity index is 2.99. The fourth-order valence-corrected chi connectivity index (χ4v) is 2.16. The Labute approximate surface area is 120 Å². The fraction of sp³-hybridized carbons (Fsp3) is 0.500. The summed E-state index contributed by atoms with van der Waals surface area (Å²) in [4.78, 5) is 11.9. The SMILES string of the molecule is CCOC(CC(C(C)=O)c1ccccc1C#N)OCC. The van der Waals surface area contributed by atoms with Crippen LogP contribution in [0.5, 0.6) is 0 Å². The molecular weight excluding hydrogens is 254 g/mol. The lowest BCUT2D eigenvalue weighted by atomic mass is 9.89. The first-order valence-corrected chi connectivity index (χ1v) is 6.86. The van der Waals surface area contributed by atoms with Gasteiger partial charge in [0, 0.05) is 25.6 Å². The lowest BCUT2D eigenvalue weighted by Gasteiger charge is -2.22. The molecule has 0 saturated heterocycles. The van der Waals surface area contributed by atoms with Crippen molar-refractivity contribution in [1.82, 2.24) is 0 Å². The predicted octanol–water partition coefficient (Wildman–Crippen LogP) is 3.02. The maximum Gasteiger partial charge on any atom is 0.158 e. The maximum atomic E-state index is 11.9. The molecule has 0 bridgehead atoms. The van der Waals surface area contributed by atoms with Gasteiger partial charge in [-0.25, -0.2) is 0 Å². The first kappa shape index (κ1) is 16.4.